The summed E-state index contributed by atoms with van der Waals surface area (Å²) in [6.45, 7) is 2.94. The lowest BCUT2D eigenvalue weighted by molar-refractivity contribution is -0.215. The summed E-state index contributed by atoms with van der Waals surface area (Å²) in [7, 11) is 0. The van der Waals surface area contributed by atoms with Crippen LogP contribution in [0.3, 0.4) is 0 Å². The van der Waals surface area contributed by atoms with Crippen molar-refractivity contribution >= 4 is 0 Å². The maximum Gasteiger partial charge on any atom is 0.168 e. The van der Waals surface area contributed by atoms with Crippen LogP contribution in [0.2, 0.25) is 0 Å². The van der Waals surface area contributed by atoms with Gasteiger partial charge < -0.3 is 4.89 Å². The normalized spacial score (nSPS) is 13.9. The lowest BCUT2D eigenvalue weighted by atomic mass is 10.0. The van der Waals surface area contributed by atoms with E-state index in [-0.39, 0.29) is 0 Å². The van der Waals surface area contributed by atoms with Gasteiger partial charge in [-0.05, 0) is 24.5 Å². The quantitative estimate of drug-likeness (QED) is 0.492. The molecule has 0 spiro atoms. The second-order valence-electron chi connectivity index (χ2n) is 5.47. The standard InChI is InChI=1S/C17H26O2/c1-2-3-4-5-6-7-8-9-15-10-11-16-12-13-18-19-17(16)14-15/h10-11,14H,2-9,12-13H2,1H3. The van der Waals surface area contributed by atoms with Crippen molar-refractivity contribution in [3.8, 4) is 5.75 Å². The zero-order valence-electron chi connectivity index (χ0n) is 12.1. The Morgan fingerprint density at radius 3 is 2.63 bits per heavy atom. The lowest BCUT2D eigenvalue weighted by Gasteiger charge is -2.16. The molecule has 1 heterocycles. The zero-order chi connectivity index (χ0) is 13.3. The molecule has 0 amide bonds. The molecule has 2 heteroatoms. The summed E-state index contributed by atoms with van der Waals surface area (Å²) in [5, 5.41) is 0. The topological polar surface area (TPSA) is 18.5 Å². The van der Waals surface area contributed by atoms with E-state index < -0.39 is 0 Å². The number of fused-ring (bicyclic) bond motifs is 1. The van der Waals surface area contributed by atoms with E-state index in [0.717, 1.165) is 18.6 Å². The first-order valence-electron chi connectivity index (χ1n) is 7.81. The molecule has 19 heavy (non-hydrogen) atoms. The third-order valence-corrected chi connectivity index (χ3v) is 3.80. The van der Waals surface area contributed by atoms with E-state index in [1.807, 2.05) is 0 Å². The van der Waals surface area contributed by atoms with Crippen LogP contribution in [0.4, 0.5) is 0 Å². The largest absolute Gasteiger partial charge is 0.337 e. The van der Waals surface area contributed by atoms with E-state index in [1.165, 1.54) is 56.1 Å². The Morgan fingerprint density at radius 2 is 1.79 bits per heavy atom. The molecule has 0 fully saturated rings. The fraction of sp³-hybridized carbons (Fsp3) is 0.647. The number of unbranched alkanes of at least 4 members (excludes halogenated alkanes) is 6. The molecule has 0 bridgehead atoms. The summed E-state index contributed by atoms with van der Waals surface area (Å²) < 4.78 is 0. The van der Waals surface area contributed by atoms with Gasteiger partial charge in [0.2, 0.25) is 0 Å². The molecular formula is C17H26O2. The van der Waals surface area contributed by atoms with Gasteiger partial charge in [0.25, 0.3) is 0 Å². The molecule has 0 unspecified atom stereocenters. The Balaban J connectivity index is 1.66. The van der Waals surface area contributed by atoms with Crippen molar-refractivity contribution in [2.75, 3.05) is 6.61 Å². The van der Waals surface area contributed by atoms with Crippen LogP contribution < -0.4 is 4.89 Å². The van der Waals surface area contributed by atoms with Gasteiger partial charge in [0.05, 0.1) is 6.61 Å². The van der Waals surface area contributed by atoms with E-state index >= 15 is 0 Å². The molecular weight excluding hydrogens is 236 g/mol. The molecule has 1 aromatic rings. The number of hydrogen-bond donors (Lipinski definition) is 0. The van der Waals surface area contributed by atoms with Gasteiger partial charge in [0, 0.05) is 12.0 Å². The van der Waals surface area contributed by atoms with Gasteiger partial charge in [0.15, 0.2) is 5.75 Å². The van der Waals surface area contributed by atoms with Gasteiger partial charge in [-0.25, -0.2) is 0 Å². The molecule has 106 valence electrons. The molecule has 2 rings (SSSR count). The second-order valence-corrected chi connectivity index (χ2v) is 5.47. The number of hydrogen-bond acceptors (Lipinski definition) is 2. The summed E-state index contributed by atoms with van der Waals surface area (Å²) in [4.78, 5) is 10.3. The fourth-order valence-electron chi connectivity index (χ4n) is 2.58. The molecule has 0 N–H and O–H groups in total. The molecule has 0 saturated carbocycles. The average molecular weight is 262 g/mol. The summed E-state index contributed by atoms with van der Waals surface area (Å²) in [5.41, 5.74) is 2.65. The third kappa shape index (κ3) is 4.87. The van der Waals surface area contributed by atoms with E-state index in [0.29, 0.717) is 6.61 Å². The molecule has 2 nitrogen and oxygen atoms in total. The highest BCUT2D eigenvalue weighted by Crippen LogP contribution is 2.25. The van der Waals surface area contributed by atoms with Gasteiger partial charge in [-0.2, -0.15) is 4.89 Å². The molecule has 0 aromatic heterocycles. The van der Waals surface area contributed by atoms with Crippen molar-refractivity contribution < 1.29 is 9.78 Å². The van der Waals surface area contributed by atoms with Crippen molar-refractivity contribution in [3.05, 3.63) is 29.3 Å². The molecule has 0 atom stereocenters. The number of aryl methyl sites for hydroxylation is 1. The van der Waals surface area contributed by atoms with Crippen molar-refractivity contribution in [1.29, 1.82) is 0 Å². The SMILES string of the molecule is CCCCCCCCCc1ccc2c(c1)OOCC2. The Kier molecular flexibility index (Phi) is 6.22. The van der Waals surface area contributed by atoms with Crippen LogP contribution in [0.1, 0.15) is 63.0 Å². The Bertz CT molecular complexity index is 374. The predicted molar refractivity (Wildman–Crippen MR) is 78.4 cm³/mol. The van der Waals surface area contributed by atoms with E-state index in [9.17, 15) is 0 Å². The number of benzene rings is 1. The molecule has 1 aliphatic rings. The van der Waals surface area contributed by atoms with Crippen LogP contribution >= 0.6 is 0 Å². The first-order valence-corrected chi connectivity index (χ1v) is 7.81. The van der Waals surface area contributed by atoms with Crippen LogP contribution in [0.15, 0.2) is 18.2 Å². The molecule has 0 aliphatic carbocycles. The first-order chi connectivity index (χ1) is 9.40. The summed E-state index contributed by atoms with van der Waals surface area (Å²) in [6, 6.07) is 6.57. The van der Waals surface area contributed by atoms with Crippen molar-refractivity contribution in [1.82, 2.24) is 0 Å². The van der Waals surface area contributed by atoms with Gasteiger partial charge >= 0.3 is 0 Å². The summed E-state index contributed by atoms with van der Waals surface area (Å²) in [5.74, 6) is 0.923. The van der Waals surface area contributed by atoms with E-state index in [4.69, 9.17) is 9.78 Å². The van der Waals surface area contributed by atoms with Crippen molar-refractivity contribution in [3.63, 3.8) is 0 Å². The maximum absolute atomic E-state index is 5.24. The van der Waals surface area contributed by atoms with E-state index in [1.54, 1.807) is 0 Å². The number of rotatable bonds is 8. The van der Waals surface area contributed by atoms with E-state index in [2.05, 4.69) is 25.1 Å². The minimum atomic E-state index is 0.671. The van der Waals surface area contributed by atoms with Gasteiger partial charge in [-0.15, -0.1) is 0 Å². The zero-order valence-corrected chi connectivity index (χ0v) is 12.1. The Labute approximate surface area is 117 Å². The summed E-state index contributed by atoms with van der Waals surface area (Å²) in [6.07, 6.45) is 11.7. The highest BCUT2D eigenvalue weighted by Gasteiger charge is 2.11. The average Bonchev–Trinajstić information content (AvgIpc) is 2.46. The van der Waals surface area contributed by atoms with Gasteiger partial charge in [-0.3, -0.25) is 0 Å². The first kappa shape index (κ1) is 14.4. The van der Waals surface area contributed by atoms with Crippen LogP contribution in [0, 0.1) is 0 Å². The van der Waals surface area contributed by atoms with Crippen LogP contribution in [-0.4, -0.2) is 6.61 Å². The maximum atomic E-state index is 5.24. The third-order valence-electron chi connectivity index (χ3n) is 3.80. The van der Waals surface area contributed by atoms with Crippen molar-refractivity contribution in [2.24, 2.45) is 0 Å². The Morgan fingerprint density at radius 1 is 1.00 bits per heavy atom. The van der Waals surface area contributed by atoms with Gasteiger partial charge in [-0.1, -0.05) is 57.6 Å². The molecule has 0 saturated heterocycles. The molecule has 1 aliphatic heterocycles. The van der Waals surface area contributed by atoms with Crippen molar-refractivity contribution in [2.45, 2.75) is 64.7 Å². The Hall–Kier alpha value is -1.02. The summed E-state index contributed by atoms with van der Waals surface area (Å²) >= 11 is 0. The molecule has 0 radical (unpaired) electrons. The highest BCUT2D eigenvalue weighted by atomic mass is 17.2. The van der Waals surface area contributed by atoms with Crippen LogP contribution in [-0.2, 0) is 17.7 Å². The highest BCUT2D eigenvalue weighted by molar-refractivity contribution is 5.38. The molecule has 1 aromatic carbocycles. The van der Waals surface area contributed by atoms with Gasteiger partial charge in [0.1, 0.15) is 0 Å². The minimum Gasteiger partial charge on any atom is -0.337 e. The fourth-order valence-corrected chi connectivity index (χ4v) is 2.58. The predicted octanol–water partition coefficient (Wildman–Crippen LogP) is 4.85. The van der Waals surface area contributed by atoms with Crippen LogP contribution in [0.25, 0.3) is 0 Å². The second kappa shape index (κ2) is 8.21. The smallest absolute Gasteiger partial charge is 0.168 e. The minimum absolute atomic E-state index is 0.671. The van der Waals surface area contributed by atoms with Crippen LogP contribution in [0.5, 0.6) is 5.75 Å². The lowest BCUT2D eigenvalue weighted by Crippen LogP contribution is -2.11. The monoisotopic (exact) mass is 262 g/mol.